The van der Waals surface area contributed by atoms with E-state index in [2.05, 4.69) is 20.8 Å². The van der Waals surface area contributed by atoms with Gasteiger partial charge < -0.3 is 10.6 Å². The highest BCUT2D eigenvalue weighted by Crippen LogP contribution is 2.13. The van der Waals surface area contributed by atoms with Crippen LogP contribution in [-0.4, -0.2) is 28.1 Å². The molecule has 1 aromatic carbocycles. The smallest absolute Gasteiger partial charge is 0.271 e. The largest absolute Gasteiger partial charge is 0.348 e. The molecule has 1 heterocycles. The lowest BCUT2D eigenvalue weighted by Gasteiger charge is -2.09. The zero-order chi connectivity index (χ0) is 14.5. The first kappa shape index (κ1) is 13.8. The van der Waals surface area contributed by atoms with Crippen molar-refractivity contribution in [3.63, 3.8) is 0 Å². The van der Waals surface area contributed by atoms with Crippen LogP contribution in [-0.2, 0) is 0 Å². The van der Waals surface area contributed by atoms with Crippen molar-refractivity contribution in [1.82, 2.24) is 15.5 Å². The van der Waals surface area contributed by atoms with Crippen molar-refractivity contribution in [1.29, 1.82) is 0 Å². The number of nitrogens with one attached hydrogen (secondary N) is 3. The van der Waals surface area contributed by atoms with Crippen molar-refractivity contribution in [3.05, 3.63) is 47.8 Å². The van der Waals surface area contributed by atoms with Gasteiger partial charge in [-0.05, 0) is 26.0 Å². The highest BCUT2D eigenvalue weighted by Gasteiger charge is 2.16. The fraction of sp³-hybridized carbons (Fsp3) is 0.214. The van der Waals surface area contributed by atoms with Crippen molar-refractivity contribution in [3.8, 4) is 0 Å². The quantitative estimate of drug-likeness (QED) is 0.793. The molecule has 0 fully saturated rings. The van der Waals surface area contributed by atoms with Gasteiger partial charge in [-0.25, -0.2) is 0 Å². The summed E-state index contributed by atoms with van der Waals surface area (Å²) in [6, 6.07) is 8.78. The Bertz CT molecular complexity index is 605. The SMILES string of the molecule is CC(C)NC(=O)c1[nH]ncc1NC(=O)c1ccccc1. The number of nitrogens with zero attached hydrogens (tertiary/aromatic N) is 1. The number of H-pyrrole nitrogens is 1. The van der Waals surface area contributed by atoms with Crippen LogP contribution in [0, 0.1) is 0 Å². The Labute approximate surface area is 116 Å². The number of carbonyl (C=O) groups is 2. The Morgan fingerprint density at radius 2 is 1.85 bits per heavy atom. The van der Waals surface area contributed by atoms with Gasteiger partial charge in [0.2, 0.25) is 0 Å². The van der Waals surface area contributed by atoms with E-state index in [1.54, 1.807) is 24.3 Å². The number of amides is 2. The number of anilines is 1. The van der Waals surface area contributed by atoms with Crippen molar-refractivity contribution >= 4 is 17.5 Å². The molecule has 0 spiro atoms. The lowest BCUT2D eigenvalue weighted by Crippen LogP contribution is -2.31. The molecule has 0 saturated heterocycles. The highest BCUT2D eigenvalue weighted by molar-refractivity contribution is 6.08. The number of benzene rings is 1. The number of hydrogen-bond acceptors (Lipinski definition) is 3. The van der Waals surface area contributed by atoms with Crippen LogP contribution in [0.2, 0.25) is 0 Å². The molecule has 20 heavy (non-hydrogen) atoms. The molecule has 0 unspecified atom stereocenters. The van der Waals surface area contributed by atoms with Gasteiger partial charge in [-0.1, -0.05) is 18.2 Å². The van der Waals surface area contributed by atoms with Crippen LogP contribution in [0.1, 0.15) is 34.7 Å². The molecule has 0 saturated carbocycles. The fourth-order valence-electron chi connectivity index (χ4n) is 1.67. The van der Waals surface area contributed by atoms with Gasteiger partial charge in [-0.15, -0.1) is 0 Å². The van der Waals surface area contributed by atoms with E-state index in [-0.39, 0.29) is 23.6 Å². The fourth-order valence-corrected chi connectivity index (χ4v) is 1.67. The topological polar surface area (TPSA) is 86.9 Å². The lowest BCUT2D eigenvalue weighted by molar-refractivity contribution is 0.0939. The molecule has 3 N–H and O–H groups in total. The normalized spacial score (nSPS) is 10.3. The molecule has 1 aromatic heterocycles. The average Bonchev–Trinajstić information content (AvgIpc) is 2.87. The Morgan fingerprint density at radius 1 is 1.15 bits per heavy atom. The van der Waals surface area contributed by atoms with Crippen molar-refractivity contribution in [2.24, 2.45) is 0 Å². The minimum Gasteiger partial charge on any atom is -0.348 e. The van der Waals surface area contributed by atoms with E-state index in [1.165, 1.54) is 6.20 Å². The summed E-state index contributed by atoms with van der Waals surface area (Å²) in [7, 11) is 0. The summed E-state index contributed by atoms with van der Waals surface area (Å²) >= 11 is 0. The van der Waals surface area contributed by atoms with Crippen LogP contribution in [0.3, 0.4) is 0 Å². The van der Waals surface area contributed by atoms with E-state index < -0.39 is 0 Å². The summed E-state index contributed by atoms with van der Waals surface area (Å²) in [5.41, 5.74) is 1.11. The van der Waals surface area contributed by atoms with Gasteiger partial charge in [0.1, 0.15) is 5.69 Å². The number of rotatable bonds is 4. The minimum atomic E-state index is -0.305. The molecule has 2 aromatic rings. The second kappa shape index (κ2) is 6.01. The first-order valence-corrected chi connectivity index (χ1v) is 6.28. The molecule has 104 valence electrons. The monoisotopic (exact) mass is 272 g/mol. The Hall–Kier alpha value is -2.63. The van der Waals surface area contributed by atoms with E-state index in [4.69, 9.17) is 0 Å². The molecule has 2 rings (SSSR count). The Morgan fingerprint density at radius 3 is 2.50 bits per heavy atom. The van der Waals surface area contributed by atoms with Gasteiger partial charge in [-0.3, -0.25) is 14.7 Å². The van der Waals surface area contributed by atoms with Gasteiger partial charge in [0.25, 0.3) is 11.8 Å². The van der Waals surface area contributed by atoms with E-state index >= 15 is 0 Å². The maximum atomic E-state index is 12.0. The van der Waals surface area contributed by atoms with Crippen molar-refractivity contribution < 1.29 is 9.59 Å². The van der Waals surface area contributed by atoms with Crippen LogP contribution in [0.15, 0.2) is 36.5 Å². The number of carbonyl (C=O) groups excluding carboxylic acids is 2. The number of aromatic amines is 1. The van der Waals surface area contributed by atoms with Gasteiger partial charge in [-0.2, -0.15) is 5.10 Å². The predicted octanol–water partition coefficient (Wildman–Crippen LogP) is 1.80. The van der Waals surface area contributed by atoms with Crippen molar-refractivity contribution in [2.75, 3.05) is 5.32 Å². The summed E-state index contributed by atoms with van der Waals surface area (Å²) in [5, 5.41) is 11.8. The van der Waals surface area contributed by atoms with E-state index in [0.29, 0.717) is 11.3 Å². The van der Waals surface area contributed by atoms with Gasteiger partial charge in [0, 0.05) is 11.6 Å². The molecule has 0 atom stereocenters. The van der Waals surface area contributed by atoms with Crippen LogP contribution in [0.25, 0.3) is 0 Å². The van der Waals surface area contributed by atoms with Gasteiger partial charge in [0.15, 0.2) is 0 Å². The molecule has 0 radical (unpaired) electrons. The molecule has 0 aliphatic heterocycles. The van der Waals surface area contributed by atoms with Crippen LogP contribution in [0.4, 0.5) is 5.69 Å². The summed E-state index contributed by atoms with van der Waals surface area (Å²) in [4.78, 5) is 23.9. The summed E-state index contributed by atoms with van der Waals surface area (Å²) in [5.74, 6) is -0.591. The molecule has 0 bridgehead atoms. The number of aromatic nitrogens is 2. The highest BCUT2D eigenvalue weighted by atomic mass is 16.2. The predicted molar refractivity (Wildman–Crippen MR) is 75.6 cm³/mol. The number of hydrogen-bond donors (Lipinski definition) is 3. The maximum absolute atomic E-state index is 12.0. The molecule has 6 nitrogen and oxygen atoms in total. The van der Waals surface area contributed by atoms with Crippen LogP contribution >= 0.6 is 0 Å². The average molecular weight is 272 g/mol. The third-order valence-corrected chi connectivity index (χ3v) is 2.57. The van der Waals surface area contributed by atoms with Crippen molar-refractivity contribution in [2.45, 2.75) is 19.9 Å². The third kappa shape index (κ3) is 3.23. The van der Waals surface area contributed by atoms with Gasteiger partial charge >= 0.3 is 0 Å². The van der Waals surface area contributed by atoms with E-state index in [1.807, 2.05) is 19.9 Å². The van der Waals surface area contributed by atoms with E-state index in [9.17, 15) is 9.59 Å². The minimum absolute atomic E-state index is 0.00322. The zero-order valence-corrected chi connectivity index (χ0v) is 11.3. The van der Waals surface area contributed by atoms with Gasteiger partial charge in [0.05, 0.1) is 11.9 Å². The lowest BCUT2D eigenvalue weighted by atomic mass is 10.2. The third-order valence-electron chi connectivity index (χ3n) is 2.57. The molecule has 2 amide bonds. The summed E-state index contributed by atoms with van der Waals surface area (Å²) in [6.45, 7) is 3.72. The zero-order valence-electron chi connectivity index (χ0n) is 11.3. The Balaban J connectivity index is 2.13. The molecular formula is C14H16N4O2. The summed E-state index contributed by atoms with van der Waals surface area (Å²) in [6.07, 6.45) is 1.41. The second-order valence-corrected chi connectivity index (χ2v) is 4.61. The maximum Gasteiger partial charge on any atom is 0.271 e. The first-order chi connectivity index (χ1) is 9.58. The molecular weight excluding hydrogens is 256 g/mol. The summed E-state index contributed by atoms with van der Waals surface area (Å²) < 4.78 is 0. The van der Waals surface area contributed by atoms with Crippen LogP contribution < -0.4 is 10.6 Å². The molecule has 6 heteroatoms. The van der Waals surface area contributed by atoms with Crippen LogP contribution in [0.5, 0.6) is 0 Å². The molecule has 0 aliphatic rings. The van der Waals surface area contributed by atoms with E-state index in [0.717, 1.165) is 0 Å². The molecule has 0 aliphatic carbocycles. The second-order valence-electron chi connectivity index (χ2n) is 4.61. The Kier molecular flexibility index (Phi) is 4.14. The standard InChI is InChI=1S/C14H16N4O2/c1-9(2)16-14(20)12-11(8-15-18-12)17-13(19)10-6-4-3-5-7-10/h3-9H,1-2H3,(H,15,18)(H,16,20)(H,17,19). The first-order valence-electron chi connectivity index (χ1n) is 6.28.